The van der Waals surface area contributed by atoms with E-state index in [2.05, 4.69) is 39.9 Å². The van der Waals surface area contributed by atoms with Gasteiger partial charge < -0.3 is 5.32 Å². The Labute approximate surface area is 127 Å². The Morgan fingerprint density at radius 3 is 2.05 bits per heavy atom. The van der Waals surface area contributed by atoms with Crippen molar-refractivity contribution in [3.05, 3.63) is 33.8 Å². The molecule has 0 spiro atoms. The van der Waals surface area contributed by atoms with Crippen LogP contribution >= 0.6 is 23.2 Å². The topological polar surface area (TPSA) is 12.0 Å². The number of hydrogen-bond donors (Lipinski definition) is 1. The van der Waals surface area contributed by atoms with Crippen LogP contribution in [-0.4, -0.2) is 6.54 Å². The molecule has 1 atom stereocenters. The molecular formula is C16H25Cl2N. The van der Waals surface area contributed by atoms with Gasteiger partial charge in [0.1, 0.15) is 0 Å². The van der Waals surface area contributed by atoms with E-state index in [1.54, 1.807) is 6.07 Å². The first-order chi connectivity index (χ1) is 8.82. The zero-order chi connectivity index (χ0) is 14.6. The standard InChI is InChI=1S/C16H25Cl2N/c1-10(2)15(11(3)4)9-19-12(5)14-7-6-13(17)8-16(14)18/h6-8,10-12,15,19H,9H2,1-5H3. The van der Waals surface area contributed by atoms with E-state index in [1.165, 1.54) is 0 Å². The van der Waals surface area contributed by atoms with Crippen LogP contribution in [0.2, 0.25) is 10.0 Å². The summed E-state index contributed by atoms with van der Waals surface area (Å²) in [5, 5.41) is 5.01. The molecule has 0 bridgehead atoms. The third-order valence-electron chi connectivity index (χ3n) is 3.80. The number of benzene rings is 1. The monoisotopic (exact) mass is 301 g/mol. The molecule has 0 fully saturated rings. The molecule has 0 heterocycles. The summed E-state index contributed by atoms with van der Waals surface area (Å²) in [6.45, 7) is 12.3. The Kier molecular flexibility index (Phi) is 6.65. The van der Waals surface area contributed by atoms with E-state index in [1.807, 2.05) is 12.1 Å². The molecule has 0 radical (unpaired) electrons. The van der Waals surface area contributed by atoms with Crippen molar-refractivity contribution >= 4 is 23.2 Å². The molecule has 0 saturated carbocycles. The average molecular weight is 302 g/mol. The Balaban J connectivity index is 2.66. The van der Waals surface area contributed by atoms with Gasteiger partial charge in [-0.1, -0.05) is 57.0 Å². The van der Waals surface area contributed by atoms with E-state index in [-0.39, 0.29) is 6.04 Å². The Morgan fingerprint density at radius 2 is 1.58 bits per heavy atom. The molecule has 1 N–H and O–H groups in total. The van der Waals surface area contributed by atoms with Crippen LogP contribution in [-0.2, 0) is 0 Å². The Hall–Kier alpha value is -0.240. The van der Waals surface area contributed by atoms with Crippen molar-refractivity contribution in [2.45, 2.75) is 40.7 Å². The quantitative estimate of drug-likeness (QED) is 0.724. The maximum absolute atomic E-state index is 6.24. The van der Waals surface area contributed by atoms with Gasteiger partial charge in [0.2, 0.25) is 0 Å². The lowest BCUT2D eigenvalue weighted by molar-refractivity contribution is 0.268. The van der Waals surface area contributed by atoms with Crippen molar-refractivity contribution in [3.8, 4) is 0 Å². The molecule has 0 aromatic heterocycles. The van der Waals surface area contributed by atoms with Crippen LogP contribution in [0.1, 0.15) is 46.2 Å². The molecule has 1 unspecified atom stereocenters. The minimum atomic E-state index is 0.241. The summed E-state index contributed by atoms with van der Waals surface area (Å²) in [6, 6.07) is 5.94. The van der Waals surface area contributed by atoms with Crippen LogP contribution in [0, 0.1) is 17.8 Å². The maximum atomic E-state index is 6.24. The van der Waals surface area contributed by atoms with E-state index < -0.39 is 0 Å². The molecule has 0 amide bonds. The predicted molar refractivity (Wildman–Crippen MR) is 86.0 cm³/mol. The largest absolute Gasteiger partial charge is 0.310 e. The fourth-order valence-electron chi connectivity index (χ4n) is 2.52. The third kappa shape index (κ3) is 4.98. The van der Waals surface area contributed by atoms with Gasteiger partial charge in [-0.05, 0) is 48.9 Å². The average Bonchev–Trinajstić information content (AvgIpc) is 2.27. The molecule has 1 aromatic rings. The number of rotatable bonds is 6. The van der Waals surface area contributed by atoms with Gasteiger partial charge in [0.25, 0.3) is 0 Å². The molecule has 0 aliphatic rings. The van der Waals surface area contributed by atoms with Gasteiger partial charge >= 0.3 is 0 Å². The Bertz CT molecular complexity index is 394. The van der Waals surface area contributed by atoms with Crippen LogP contribution in [0.4, 0.5) is 0 Å². The lowest BCUT2D eigenvalue weighted by Crippen LogP contribution is -2.31. The van der Waals surface area contributed by atoms with Crippen molar-refractivity contribution in [3.63, 3.8) is 0 Å². The molecular weight excluding hydrogens is 277 g/mol. The van der Waals surface area contributed by atoms with Gasteiger partial charge in [0.05, 0.1) is 0 Å². The highest BCUT2D eigenvalue weighted by molar-refractivity contribution is 6.35. The number of nitrogens with one attached hydrogen (secondary N) is 1. The maximum Gasteiger partial charge on any atom is 0.0468 e. The minimum absolute atomic E-state index is 0.241. The second kappa shape index (κ2) is 7.52. The second-order valence-electron chi connectivity index (χ2n) is 5.95. The van der Waals surface area contributed by atoms with E-state index >= 15 is 0 Å². The van der Waals surface area contributed by atoms with E-state index in [9.17, 15) is 0 Å². The van der Waals surface area contributed by atoms with Crippen LogP contribution in [0.5, 0.6) is 0 Å². The summed E-state index contributed by atoms with van der Waals surface area (Å²) in [5.74, 6) is 2.04. The second-order valence-corrected chi connectivity index (χ2v) is 6.79. The first-order valence-corrected chi connectivity index (χ1v) is 7.76. The normalized spacial score (nSPS) is 13.6. The lowest BCUT2D eigenvalue weighted by Gasteiger charge is -2.27. The zero-order valence-electron chi connectivity index (χ0n) is 12.5. The summed E-state index contributed by atoms with van der Waals surface area (Å²) in [5.41, 5.74) is 1.11. The van der Waals surface area contributed by atoms with Crippen LogP contribution < -0.4 is 5.32 Å². The summed E-state index contributed by atoms with van der Waals surface area (Å²) in [7, 11) is 0. The summed E-state index contributed by atoms with van der Waals surface area (Å²) >= 11 is 12.2. The molecule has 0 saturated heterocycles. The van der Waals surface area contributed by atoms with Crippen LogP contribution in [0.15, 0.2) is 18.2 Å². The zero-order valence-corrected chi connectivity index (χ0v) is 14.0. The van der Waals surface area contributed by atoms with Gasteiger partial charge in [0, 0.05) is 16.1 Å². The molecule has 108 valence electrons. The molecule has 3 heteroatoms. The predicted octanol–water partition coefficient (Wildman–Crippen LogP) is 5.57. The van der Waals surface area contributed by atoms with Gasteiger partial charge in [0.15, 0.2) is 0 Å². The molecule has 0 aliphatic heterocycles. The van der Waals surface area contributed by atoms with Gasteiger partial charge in [-0.15, -0.1) is 0 Å². The molecule has 0 aliphatic carbocycles. The molecule has 1 aromatic carbocycles. The van der Waals surface area contributed by atoms with Crippen molar-refractivity contribution in [2.24, 2.45) is 17.8 Å². The summed E-state index contributed by atoms with van der Waals surface area (Å²) in [6.07, 6.45) is 0. The Morgan fingerprint density at radius 1 is 1.00 bits per heavy atom. The highest BCUT2D eigenvalue weighted by Gasteiger charge is 2.19. The summed E-state index contributed by atoms with van der Waals surface area (Å²) < 4.78 is 0. The fraction of sp³-hybridized carbons (Fsp3) is 0.625. The molecule has 1 nitrogen and oxygen atoms in total. The number of halogens is 2. The smallest absolute Gasteiger partial charge is 0.0468 e. The molecule has 19 heavy (non-hydrogen) atoms. The van der Waals surface area contributed by atoms with Crippen molar-refractivity contribution in [1.82, 2.24) is 5.32 Å². The SMILES string of the molecule is CC(NCC(C(C)C)C(C)C)c1ccc(Cl)cc1Cl. The highest BCUT2D eigenvalue weighted by atomic mass is 35.5. The first kappa shape index (κ1) is 16.8. The van der Waals surface area contributed by atoms with E-state index in [0.717, 1.165) is 17.1 Å². The molecule has 1 rings (SSSR count). The van der Waals surface area contributed by atoms with Crippen LogP contribution in [0.3, 0.4) is 0 Å². The van der Waals surface area contributed by atoms with E-state index in [4.69, 9.17) is 23.2 Å². The van der Waals surface area contributed by atoms with Crippen molar-refractivity contribution in [1.29, 1.82) is 0 Å². The van der Waals surface area contributed by atoms with Gasteiger partial charge in [-0.2, -0.15) is 0 Å². The lowest BCUT2D eigenvalue weighted by atomic mass is 9.85. The minimum Gasteiger partial charge on any atom is -0.310 e. The third-order valence-corrected chi connectivity index (χ3v) is 4.36. The fourth-order valence-corrected chi connectivity index (χ4v) is 3.09. The van der Waals surface area contributed by atoms with Crippen molar-refractivity contribution in [2.75, 3.05) is 6.54 Å². The van der Waals surface area contributed by atoms with Crippen LogP contribution in [0.25, 0.3) is 0 Å². The number of hydrogen-bond acceptors (Lipinski definition) is 1. The van der Waals surface area contributed by atoms with Gasteiger partial charge in [-0.3, -0.25) is 0 Å². The van der Waals surface area contributed by atoms with Gasteiger partial charge in [-0.25, -0.2) is 0 Å². The van der Waals surface area contributed by atoms with Crippen molar-refractivity contribution < 1.29 is 0 Å². The first-order valence-electron chi connectivity index (χ1n) is 7.01. The highest BCUT2D eigenvalue weighted by Crippen LogP contribution is 2.27. The van der Waals surface area contributed by atoms with E-state index in [0.29, 0.717) is 22.8 Å². The summed E-state index contributed by atoms with van der Waals surface area (Å²) in [4.78, 5) is 0.